The normalized spacial score (nSPS) is 15.5. The average Bonchev–Trinajstić information content (AvgIpc) is 3.67. The highest BCUT2D eigenvalue weighted by Gasteiger charge is 2.29. The summed E-state index contributed by atoms with van der Waals surface area (Å²) in [5, 5.41) is 8.48. The minimum absolute atomic E-state index is 0.0111. The lowest BCUT2D eigenvalue weighted by Gasteiger charge is -2.22. The molecule has 12 heteroatoms. The molecule has 2 atom stereocenters. The van der Waals surface area contributed by atoms with Crippen LogP contribution in [0, 0.1) is 18.8 Å². The SMILES string of the molecule is COC(=O)c1coc([C@H](C)NC(=O)c2nc(-c3csc([C@@H](NC(=O)C4CCCC4)C(C)C)n3)oc2C)n1. The summed E-state index contributed by atoms with van der Waals surface area (Å²) >= 11 is 1.42. The summed E-state index contributed by atoms with van der Waals surface area (Å²) in [5.74, 6) is -0.131. The minimum atomic E-state index is -0.633. The number of carbonyl (C=O) groups is 3. The number of oxazole rings is 2. The van der Waals surface area contributed by atoms with Gasteiger partial charge in [0, 0.05) is 11.3 Å². The molecule has 0 spiro atoms. The summed E-state index contributed by atoms with van der Waals surface area (Å²) in [6, 6.07) is -0.853. The molecule has 198 valence electrons. The van der Waals surface area contributed by atoms with E-state index in [1.807, 2.05) is 19.2 Å². The van der Waals surface area contributed by atoms with Crippen molar-refractivity contribution in [1.29, 1.82) is 0 Å². The average molecular weight is 530 g/mol. The van der Waals surface area contributed by atoms with Gasteiger partial charge in [0.1, 0.15) is 28.8 Å². The van der Waals surface area contributed by atoms with Crippen molar-refractivity contribution in [2.24, 2.45) is 11.8 Å². The first-order valence-corrected chi connectivity index (χ1v) is 13.1. The maximum absolute atomic E-state index is 12.9. The van der Waals surface area contributed by atoms with Gasteiger partial charge in [0.15, 0.2) is 11.4 Å². The first-order valence-electron chi connectivity index (χ1n) is 12.3. The van der Waals surface area contributed by atoms with Crippen LogP contribution < -0.4 is 10.6 Å². The van der Waals surface area contributed by atoms with Crippen LogP contribution in [0.25, 0.3) is 11.6 Å². The van der Waals surface area contributed by atoms with Crippen LogP contribution in [0.2, 0.25) is 0 Å². The molecule has 11 nitrogen and oxygen atoms in total. The molecule has 1 fully saturated rings. The standard InChI is InChI=1S/C25H31N5O6S/c1-12(2)18(29-20(31)15-8-6-7-9-15)24-28-17(11-37-24)23-30-19(14(4)36-23)21(32)26-13(3)22-27-16(10-35-22)25(33)34-5/h10-13,15,18H,6-9H2,1-5H3,(H,26,32)(H,29,31)/t13-,18-/m0/s1. The summed E-state index contributed by atoms with van der Waals surface area (Å²) in [6.07, 6.45) is 5.22. The van der Waals surface area contributed by atoms with E-state index in [9.17, 15) is 14.4 Å². The molecule has 37 heavy (non-hydrogen) atoms. The summed E-state index contributed by atoms with van der Waals surface area (Å²) in [5.41, 5.74) is 0.606. The van der Waals surface area contributed by atoms with Crippen LogP contribution in [-0.4, -0.2) is 39.8 Å². The van der Waals surface area contributed by atoms with E-state index < -0.39 is 17.9 Å². The number of ether oxygens (including phenoxy) is 1. The number of nitrogens with zero attached hydrogens (tertiary/aromatic N) is 3. The molecule has 0 aromatic carbocycles. The van der Waals surface area contributed by atoms with E-state index in [1.54, 1.807) is 13.8 Å². The maximum Gasteiger partial charge on any atom is 0.360 e. The number of methoxy groups -OCH3 is 1. The molecule has 1 saturated carbocycles. The van der Waals surface area contributed by atoms with Crippen LogP contribution >= 0.6 is 11.3 Å². The number of carbonyl (C=O) groups excluding carboxylic acids is 3. The van der Waals surface area contributed by atoms with Crippen molar-refractivity contribution in [3.8, 4) is 11.6 Å². The molecule has 3 heterocycles. The van der Waals surface area contributed by atoms with Crippen molar-refractivity contribution in [2.45, 2.75) is 65.5 Å². The Kier molecular flexibility index (Phi) is 8.06. The van der Waals surface area contributed by atoms with Crippen LogP contribution in [0.1, 0.15) is 96.2 Å². The van der Waals surface area contributed by atoms with Gasteiger partial charge in [0.25, 0.3) is 5.91 Å². The number of thiazole rings is 1. The molecule has 3 aromatic heterocycles. The van der Waals surface area contributed by atoms with E-state index in [1.165, 1.54) is 24.7 Å². The van der Waals surface area contributed by atoms with Crippen molar-refractivity contribution in [1.82, 2.24) is 25.6 Å². The highest BCUT2D eigenvalue weighted by Crippen LogP contribution is 2.32. The molecule has 0 radical (unpaired) electrons. The van der Waals surface area contributed by atoms with Crippen molar-refractivity contribution >= 4 is 29.1 Å². The van der Waals surface area contributed by atoms with Crippen molar-refractivity contribution in [2.75, 3.05) is 7.11 Å². The van der Waals surface area contributed by atoms with E-state index >= 15 is 0 Å². The Hall–Kier alpha value is -3.54. The number of amides is 2. The first kappa shape index (κ1) is 26.5. The van der Waals surface area contributed by atoms with Gasteiger partial charge in [-0.3, -0.25) is 9.59 Å². The molecular formula is C25H31N5O6S. The third-order valence-corrected chi connectivity index (χ3v) is 7.27. The number of hydrogen-bond donors (Lipinski definition) is 2. The molecule has 4 rings (SSSR count). The molecule has 3 aromatic rings. The summed E-state index contributed by atoms with van der Waals surface area (Å²) in [4.78, 5) is 50.3. The van der Waals surface area contributed by atoms with Gasteiger partial charge >= 0.3 is 5.97 Å². The third kappa shape index (κ3) is 5.90. The van der Waals surface area contributed by atoms with Gasteiger partial charge in [-0.15, -0.1) is 11.3 Å². The maximum atomic E-state index is 12.9. The molecule has 0 saturated heterocycles. The molecule has 2 amide bonds. The molecule has 2 N–H and O–H groups in total. The molecule has 0 unspecified atom stereocenters. The Balaban J connectivity index is 1.46. The third-order valence-electron chi connectivity index (χ3n) is 6.34. The summed E-state index contributed by atoms with van der Waals surface area (Å²) < 4.78 is 15.7. The fourth-order valence-corrected chi connectivity index (χ4v) is 5.24. The summed E-state index contributed by atoms with van der Waals surface area (Å²) in [7, 11) is 1.24. The lowest BCUT2D eigenvalue weighted by molar-refractivity contribution is -0.125. The number of rotatable bonds is 9. The van der Waals surface area contributed by atoms with Crippen LogP contribution in [0.3, 0.4) is 0 Å². The molecular weight excluding hydrogens is 498 g/mol. The van der Waals surface area contributed by atoms with E-state index in [-0.39, 0.29) is 47.0 Å². The fraction of sp³-hybridized carbons (Fsp3) is 0.520. The van der Waals surface area contributed by atoms with Crippen molar-refractivity contribution in [3.63, 3.8) is 0 Å². The molecule has 0 aliphatic heterocycles. The highest BCUT2D eigenvalue weighted by molar-refractivity contribution is 7.10. The number of nitrogens with one attached hydrogen (secondary N) is 2. The van der Waals surface area contributed by atoms with E-state index in [2.05, 4.69) is 30.3 Å². The van der Waals surface area contributed by atoms with Crippen LogP contribution in [0.4, 0.5) is 0 Å². The van der Waals surface area contributed by atoms with E-state index in [0.29, 0.717) is 11.5 Å². The van der Waals surface area contributed by atoms with Gasteiger partial charge in [-0.05, 0) is 32.6 Å². The lowest BCUT2D eigenvalue weighted by atomic mass is 10.0. The molecule has 1 aliphatic carbocycles. The number of aromatic nitrogens is 3. The Morgan fingerprint density at radius 3 is 2.51 bits per heavy atom. The Morgan fingerprint density at radius 2 is 1.84 bits per heavy atom. The Labute approximate surface area is 218 Å². The largest absolute Gasteiger partial charge is 0.464 e. The van der Waals surface area contributed by atoms with Crippen molar-refractivity contribution in [3.05, 3.63) is 39.7 Å². The second-order valence-corrected chi connectivity index (χ2v) is 10.4. The lowest BCUT2D eigenvalue weighted by Crippen LogP contribution is -2.35. The fourth-order valence-electron chi connectivity index (χ4n) is 4.23. The quantitative estimate of drug-likeness (QED) is 0.385. The predicted octanol–water partition coefficient (Wildman–Crippen LogP) is 4.38. The van der Waals surface area contributed by atoms with Gasteiger partial charge in [-0.2, -0.15) is 0 Å². The highest BCUT2D eigenvalue weighted by atomic mass is 32.1. The Bertz CT molecular complexity index is 1270. The minimum Gasteiger partial charge on any atom is -0.464 e. The molecule has 0 bridgehead atoms. The zero-order valence-electron chi connectivity index (χ0n) is 21.5. The van der Waals surface area contributed by atoms with Gasteiger partial charge in [0.2, 0.25) is 17.7 Å². The van der Waals surface area contributed by atoms with Crippen LogP contribution in [0.5, 0.6) is 0 Å². The summed E-state index contributed by atoms with van der Waals surface area (Å²) in [6.45, 7) is 7.39. The number of hydrogen-bond acceptors (Lipinski definition) is 10. The monoisotopic (exact) mass is 529 g/mol. The van der Waals surface area contributed by atoms with Gasteiger partial charge in [-0.25, -0.2) is 19.7 Å². The second-order valence-electron chi connectivity index (χ2n) is 9.46. The second kappa shape index (κ2) is 11.2. The Morgan fingerprint density at radius 1 is 1.11 bits per heavy atom. The van der Waals surface area contributed by atoms with Gasteiger partial charge in [0.05, 0.1) is 13.2 Å². The van der Waals surface area contributed by atoms with Crippen molar-refractivity contribution < 1.29 is 28.0 Å². The van der Waals surface area contributed by atoms with Gasteiger partial charge < -0.3 is 24.2 Å². The number of aryl methyl sites for hydroxylation is 1. The van der Waals surface area contributed by atoms with E-state index in [4.69, 9.17) is 8.83 Å². The van der Waals surface area contributed by atoms with Gasteiger partial charge in [-0.1, -0.05) is 26.7 Å². The number of esters is 1. The van der Waals surface area contributed by atoms with Crippen LogP contribution in [0.15, 0.2) is 20.5 Å². The molecule has 1 aliphatic rings. The first-order chi connectivity index (χ1) is 17.7. The predicted molar refractivity (Wildman–Crippen MR) is 134 cm³/mol. The zero-order chi connectivity index (χ0) is 26.7. The van der Waals surface area contributed by atoms with Crippen LogP contribution in [-0.2, 0) is 9.53 Å². The van der Waals surface area contributed by atoms with E-state index in [0.717, 1.165) is 30.7 Å². The topological polar surface area (TPSA) is 149 Å². The zero-order valence-corrected chi connectivity index (χ0v) is 22.3. The smallest absolute Gasteiger partial charge is 0.360 e.